The number of benzene rings is 1. The first-order valence-electron chi connectivity index (χ1n) is 11.5. The van der Waals surface area contributed by atoms with Crippen molar-refractivity contribution in [1.29, 1.82) is 0 Å². The van der Waals surface area contributed by atoms with Crippen LogP contribution in [0.5, 0.6) is 5.75 Å². The number of aliphatic hydroxyl groups excluding tert-OH is 1. The van der Waals surface area contributed by atoms with Crippen LogP contribution in [0.15, 0.2) is 60.2 Å². The van der Waals surface area contributed by atoms with E-state index >= 15 is 0 Å². The second-order valence-electron chi connectivity index (χ2n) is 9.30. The monoisotopic (exact) mass is 512 g/mol. The van der Waals surface area contributed by atoms with Gasteiger partial charge in [0.1, 0.15) is 28.9 Å². The number of amides is 3. The van der Waals surface area contributed by atoms with Crippen LogP contribution in [0, 0.1) is 29.3 Å². The smallest absolute Gasteiger partial charge is 0.319 e. The van der Waals surface area contributed by atoms with Gasteiger partial charge in [0.05, 0.1) is 11.2 Å². The first-order valence-corrected chi connectivity index (χ1v) is 11.5. The van der Waals surface area contributed by atoms with Gasteiger partial charge in [0, 0.05) is 36.2 Å². The lowest BCUT2D eigenvalue weighted by Gasteiger charge is -2.19. The zero-order chi connectivity index (χ0) is 26.5. The number of carbonyl (C=O) groups excluding carboxylic acids is 2. The van der Waals surface area contributed by atoms with Gasteiger partial charge < -0.3 is 25.8 Å². The molecule has 37 heavy (non-hydrogen) atoms. The van der Waals surface area contributed by atoms with E-state index in [9.17, 15) is 27.9 Å². The van der Waals surface area contributed by atoms with E-state index in [1.165, 1.54) is 12.3 Å². The van der Waals surface area contributed by atoms with Gasteiger partial charge in [-0.1, -0.05) is 6.58 Å². The van der Waals surface area contributed by atoms with E-state index in [1.807, 2.05) is 0 Å². The number of allylic oxidation sites excluding steroid dienone is 4. The number of hydrogen-bond donors (Lipinski definition) is 4. The summed E-state index contributed by atoms with van der Waals surface area (Å²) >= 11 is 0. The first kappa shape index (κ1) is 24.4. The summed E-state index contributed by atoms with van der Waals surface area (Å²) in [5, 5.41) is 18.1. The number of anilines is 2. The van der Waals surface area contributed by atoms with Crippen LogP contribution >= 0.6 is 0 Å². The number of rotatable bonds is 7. The molecular formula is C26H23F3N4O4. The lowest BCUT2D eigenvalue weighted by atomic mass is 10.0. The summed E-state index contributed by atoms with van der Waals surface area (Å²) in [6, 6.07) is 1.95. The number of aromatic nitrogens is 1. The Morgan fingerprint density at radius 2 is 2.08 bits per heavy atom. The van der Waals surface area contributed by atoms with E-state index in [0.717, 1.165) is 5.56 Å². The van der Waals surface area contributed by atoms with Crippen molar-refractivity contribution in [2.45, 2.75) is 31.7 Å². The Kier molecular flexibility index (Phi) is 5.93. The molecular weight excluding hydrogens is 489 g/mol. The average molecular weight is 512 g/mol. The van der Waals surface area contributed by atoms with E-state index in [4.69, 9.17) is 4.74 Å². The molecule has 0 radical (unpaired) electrons. The highest BCUT2D eigenvalue weighted by Crippen LogP contribution is 2.74. The van der Waals surface area contributed by atoms with Gasteiger partial charge in [-0.2, -0.15) is 0 Å². The predicted molar refractivity (Wildman–Crippen MR) is 128 cm³/mol. The minimum absolute atomic E-state index is 0.0512. The van der Waals surface area contributed by atoms with Gasteiger partial charge in [-0.3, -0.25) is 4.79 Å². The molecule has 0 saturated heterocycles. The first-order chi connectivity index (χ1) is 17.6. The van der Waals surface area contributed by atoms with E-state index in [1.54, 1.807) is 19.1 Å². The molecule has 0 bridgehead atoms. The second-order valence-corrected chi connectivity index (χ2v) is 9.30. The summed E-state index contributed by atoms with van der Waals surface area (Å²) in [6.07, 6.45) is 6.01. The molecule has 8 nitrogen and oxygen atoms in total. The Bertz CT molecular complexity index is 1410. The minimum atomic E-state index is -1.41. The van der Waals surface area contributed by atoms with Crippen LogP contribution in [0.1, 0.15) is 25.3 Å². The maximum atomic E-state index is 13.8. The quantitative estimate of drug-likeness (QED) is 0.240. The van der Waals surface area contributed by atoms with Crippen LogP contribution in [0.2, 0.25) is 0 Å². The topological polar surface area (TPSA) is 113 Å². The number of ether oxygens (including phenoxy) is 1. The number of pyridine rings is 1. The molecule has 2 fully saturated rings. The molecule has 2 aliphatic carbocycles. The molecule has 2 aromatic rings. The third-order valence-electron chi connectivity index (χ3n) is 6.82. The van der Waals surface area contributed by atoms with Crippen LogP contribution in [0.4, 0.5) is 29.5 Å². The van der Waals surface area contributed by atoms with Crippen molar-refractivity contribution in [1.82, 2.24) is 10.3 Å². The Balaban J connectivity index is 1.19. The number of aliphatic hydroxyl groups is 1. The number of fused-ring (bicyclic) bond motifs is 2. The third-order valence-corrected chi connectivity index (χ3v) is 6.82. The molecule has 11 heteroatoms. The lowest BCUT2D eigenvalue weighted by Crippen LogP contribution is -2.37. The second kappa shape index (κ2) is 8.99. The van der Waals surface area contributed by atoms with Crippen LogP contribution in [0.25, 0.3) is 0 Å². The van der Waals surface area contributed by atoms with Gasteiger partial charge in [0.2, 0.25) is 5.91 Å². The Morgan fingerprint density at radius 3 is 2.84 bits per heavy atom. The highest BCUT2D eigenvalue weighted by Gasteiger charge is 2.80. The molecule has 3 aliphatic rings. The molecule has 1 aromatic carbocycles. The zero-order valence-corrected chi connectivity index (χ0v) is 19.7. The van der Waals surface area contributed by atoms with Gasteiger partial charge >= 0.3 is 6.03 Å². The van der Waals surface area contributed by atoms with E-state index in [2.05, 4.69) is 27.5 Å². The lowest BCUT2D eigenvalue weighted by molar-refractivity contribution is -0.116. The maximum absolute atomic E-state index is 13.8. The van der Waals surface area contributed by atoms with Gasteiger partial charge in [0.15, 0.2) is 11.6 Å². The van der Waals surface area contributed by atoms with Gasteiger partial charge in [-0.15, -0.1) is 0 Å². The molecule has 1 aromatic heterocycles. The van der Waals surface area contributed by atoms with Crippen molar-refractivity contribution >= 4 is 23.4 Å². The average Bonchev–Trinajstić information content (AvgIpc) is 3.70. The SMILES string of the molecule is C=C(/C(O)=C\C=C(/C)Oc1ccnc2c1CCC(=O)N2)[C@@H]1[C@@H]2C[C@@]12NC(=O)Nc1cc(F)cc(F)c1F. The highest BCUT2D eigenvalue weighted by atomic mass is 19.2. The Morgan fingerprint density at radius 1 is 1.30 bits per heavy atom. The van der Waals surface area contributed by atoms with Gasteiger partial charge in [-0.25, -0.2) is 22.9 Å². The molecule has 2 heterocycles. The third kappa shape index (κ3) is 4.64. The van der Waals surface area contributed by atoms with Crippen molar-refractivity contribution in [2.24, 2.45) is 11.8 Å². The normalized spacial score (nSPS) is 23.8. The van der Waals surface area contributed by atoms with Crippen molar-refractivity contribution in [3.05, 3.63) is 83.2 Å². The zero-order valence-electron chi connectivity index (χ0n) is 19.7. The fourth-order valence-corrected chi connectivity index (χ4v) is 4.72. The summed E-state index contributed by atoms with van der Waals surface area (Å²) < 4.78 is 46.4. The molecule has 2 saturated carbocycles. The fourth-order valence-electron chi connectivity index (χ4n) is 4.72. The van der Waals surface area contributed by atoms with E-state index in [0.29, 0.717) is 54.3 Å². The van der Waals surface area contributed by atoms with Crippen LogP contribution in [0.3, 0.4) is 0 Å². The van der Waals surface area contributed by atoms with Crippen molar-refractivity contribution < 1.29 is 32.6 Å². The van der Waals surface area contributed by atoms with Crippen molar-refractivity contribution in [3.8, 4) is 5.75 Å². The van der Waals surface area contributed by atoms with E-state index in [-0.39, 0.29) is 23.5 Å². The molecule has 1 aliphatic heterocycles. The highest BCUT2D eigenvalue weighted by molar-refractivity contribution is 5.93. The number of nitrogens with one attached hydrogen (secondary N) is 3. The molecule has 192 valence electrons. The molecule has 5 rings (SSSR count). The summed E-state index contributed by atoms with van der Waals surface area (Å²) in [7, 11) is 0. The minimum Gasteiger partial charge on any atom is -0.508 e. The number of nitrogens with zero attached hydrogens (tertiary/aromatic N) is 1. The molecule has 4 N–H and O–H groups in total. The van der Waals surface area contributed by atoms with Gasteiger partial charge in [0.25, 0.3) is 0 Å². The number of halogens is 3. The van der Waals surface area contributed by atoms with Crippen LogP contribution in [-0.4, -0.2) is 27.6 Å². The summed E-state index contributed by atoms with van der Waals surface area (Å²) in [6.45, 7) is 5.64. The molecule has 3 amide bonds. The maximum Gasteiger partial charge on any atom is 0.319 e. The number of urea groups is 1. The predicted octanol–water partition coefficient (Wildman–Crippen LogP) is 4.87. The molecule has 0 spiro atoms. The largest absolute Gasteiger partial charge is 0.508 e. The molecule has 0 unspecified atom stereocenters. The number of hydrogen-bond acceptors (Lipinski definition) is 5. The van der Waals surface area contributed by atoms with Gasteiger partial charge in [-0.05, 0) is 49.5 Å². The summed E-state index contributed by atoms with van der Waals surface area (Å²) in [5.74, 6) is -2.67. The number of carbonyl (C=O) groups is 2. The van der Waals surface area contributed by atoms with E-state index < -0.39 is 34.7 Å². The van der Waals surface area contributed by atoms with Crippen LogP contribution < -0.4 is 20.7 Å². The standard InChI is InChI=1S/C26H23F3N4O4/c1-12(37-20-7-8-30-24-15(20)4-6-21(35)32-24)3-5-19(34)13(2)22-16-11-26(16,22)33-25(36)31-18-10-14(27)9-17(28)23(18)29/h3,5,7-10,16,22,34H,2,4,6,11H2,1H3,(H,30,32,35)(H2,31,33,36)/b12-3+,19-5+/t16-,22+,26-/m0/s1. The van der Waals surface area contributed by atoms with Crippen molar-refractivity contribution in [3.63, 3.8) is 0 Å². The Hall–Kier alpha value is -4.28. The summed E-state index contributed by atoms with van der Waals surface area (Å²) in [4.78, 5) is 28.0. The van der Waals surface area contributed by atoms with Crippen molar-refractivity contribution in [2.75, 3.05) is 10.6 Å². The Labute approximate surface area is 209 Å². The molecule has 3 atom stereocenters. The van der Waals surface area contributed by atoms with Crippen LogP contribution in [-0.2, 0) is 11.2 Å². The summed E-state index contributed by atoms with van der Waals surface area (Å²) in [5.41, 5.74) is -0.0488. The fraction of sp³-hybridized carbons (Fsp3) is 0.269.